The van der Waals surface area contributed by atoms with Crippen LogP contribution in [0.4, 0.5) is 4.39 Å². The molecule has 0 aliphatic rings. The maximum atomic E-state index is 14.0. The van der Waals surface area contributed by atoms with E-state index < -0.39 is 5.60 Å². The molecule has 0 fully saturated rings. The van der Waals surface area contributed by atoms with Crippen LogP contribution in [0.2, 0.25) is 0 Å². The summed E-state index contributed by atoms with van der Waals surface area (Å²) >= 11 is 6.92. The molecule has 106 valence electrons. The van der Waals surface area contributed by atoms with Gasteiger partial charge in [0, 0.05) is 15.4 Å². The molecule has 0 aliphatic heterocycles. The van der Waals surface area contributed by atoms with Gasteiger partial charge in [0.05, 0.1) is 6.61 Å². The molecule has 0 saturated carbocycles. The Balaban J connectivity index is 2.21. The molecule has 20 heavy (non-hydrogen) atoms. The summed E-state index contributed by atoms with van der Waals surface area (Å²) in [5.41, 5.74) is 0.889. The summed E-state index contributed by atoms with van der Waals surface area (Å²) in [5, 5.41) is 0.519. The third-order valence-corrected chi connectivity index (χ3v) is 5.05. The summed E-state index contributed by atoms with van der Waals surface area (Å²) in [6, 6.07) is 14.6. The number of alkyl halides is 1. The van der Waals surface area contributed by atoms with Gasteiger partial charge in [-0.1, -0.05) is 68.3 Å². The Kier molecular flexibility index (Phi) is 5.35. The minimum absolute atomic E-state index is 0.249. The predicted octanol–water partition coefficient (Wildman–Crippen LogP) is 5.42. The molecule has 0 amide bonds. The van der Waals surface area contributed by atoms with Crippen LogP contribution in [0.15, 0.2) is 53.0 Å². The van der Waals surface area contributed by atoms with Crippen molar-refractivity contribution in [2.45, 2.75) is 19.1 Å². The molecule has 0 N–H and O–H groups in total. The van der Waals surface area contributed by atoms with Crippen LogP contribution in [0.5, 0.6) is 0 Å². The Hall–Kier alpha value is -0.710. The average Bonchev–Trinajstić information content (AvgIpc) is 2.46. The quantitative estimate of drug-likeness (QED) is 0.608. The van der Waals surface area contributed by atoms with Crippen LogP contribution >= 0.6 is 31.9 Å². The first-order valence-electron chi connectivity index (χ1n) is 6.25. The Bertz CT molecular complexity index is 588. The number of hydrogen-bond acceptors (Lipinski definition) is 1. The maximum Gasteiger partial charge on any atom is 0.129 e. The molecule has 2 rings (SSSR count). The van der Waals surface area contributed by atoms with Crippen molar-refractivity contribution in [1.29, 1.82) is 0 Å². The van der Waals surface area contributed by atoms with E-state index >= 15 is 0 Å². The zero-order chi connectivity index (χ0) is 14.6. The average molecular weight is 402 g/mol. The zero-order valence-electron chi connectivity index (χ0n) is 11.1. The van der Waals surface area contributed by atoms with Crippen LogP contribution in [-0.2, 0) is 16.9 Å². The highest BCUT2D eigenvalue weighted by molar-refractivity contribution is 9.10. The fourth-order valence-corrected chi connectivity index (χ4v) is 2.79. The van der Waals surface area contributed by atoms with Gasteiger partial charge in [-0.25, -0.2) is 4.39 Å². The summed E-state index contributed by atoms with van der Waals surface area (Å²) in [4.78, 5) is 0. The second-order valence-corrected chi connectivity index (χ2v) is 6.14. The van der Waals surface area contributed by atoms with E-state index in [9.17, 15) is 4.39 Å². The van der Waals surface area contributed by atoms with Gasteiger partial charge < -0.3 is 4.74 Å². The predicted molar refractivity (Wildman–Crippen MR) is 86.5 cm³/mol. The SMILES string of the molecule is CC(CBr)(OCc1ccccc1Br)c1ccccc1F. The molecule has 1 atom stereocenters. The van der Waals surface area contributed by atoms with Gasteiger partial charge in [0.1, 0.15) is 11.4 Å². The lowest BCUT2D eigenvalue weighted by atomic mass is 9.97. The minimum Gasteiger partial charge on any atom is -0.365 e. The summed E-state index contributed by atoms with van der Waals surface area (Å²) in [6.45, 7) is 2.30. The fourth-order valence-electron chi connectivity index (χ4n) is 1.93. The number of halogens is 3. The first kappa shape index (κ1) is 15.7. The van der Waals surface area contributed by atoms with Gasteiger partial charge in [0.25, 0.3) is 0 Å². The lowest BCUT2D eigenvalue weighted by molar-refractivity contribution is -0.0314. The van der Waals surface area contributed by atoms with E-state index in [4.69, 9.17) is 4.74 Å². The van der Waals surface area contributed by atoms with Crippen LogP contribution in [-0.4, -0.2) is 5.33 Å². The van der Waals surface area contributed by atoms with Crippen molar-refractivity contribution in [3.8, 4) is 0 Å². The smallest absolute Gasteiger partial charge is 0.129 e. The molecular formula is C16H15Br2FO. The standard InChI is InChI=1S/C16H15Br2FO/c1-16(11-17,13-7-3-5-9-15(13)19)20-10-12-6-2-4-8-14(12)18/h2-9H,10-11H2,1H3. The van der Waals surface area contributed by atoms with Gasteiger partial charge >= 0.3 is 0 Å². The van der Waals surface area contributed by atoms with Gasteiger partial charge in [-0.3, -0.25) is 0 Å². The van der Waals surface area contributed by atoms with Gasteiger partial charge in [-0.05, 0) is 24.6 Å². The summed E-state index contributed by atoms with van der Waals surface area (Å²) in [5.74, 6) is -0.249. The highest BCUT2D eigenvalue weighted by atomic mass is 79.9. The van der Waals surface area contributed by atoms with E-state index in [0.717, 1.165) is 10.0 Å². The third-order valence-electron chi connectivity index (χ3n) is 3.20. The van der Waals surface area contributed by atoms with Crippen LogP contribution < -0.4 is 0 Å². The molecule has 0 saturated heterocycles. The van der Waals surface area contributed by atoms with Crippen molar-refractivity contribution in [3.63, 3.8) is 0 Å². The van der Waals surface area contributed by atoms with Crippen molar-refractivity contribution in [2.24, 2.45) is 0 Å². The normalized spacial score (nSPS) is 14.0. The van der Waals surface area contributed by atoms with E-state index in [1.807, 2.05) is 37.3 Å². The number of rotatable bonds is 5. The van der Waals surface area contributed by atoms with Crippen molar-refractivity contribution < 1.29 is 9.13 Å². The van der Waals surface area contributed by atoms with Crippen LogP contribution in [0.25, 0.3) is 0 Å². The van der Waals surface area contributed by atoms with E-state index in [1.165, 1.54) is 6.07 Å². The molecule has 0 aromatic heterocycles. The summed E-state index contributed by atoms with van der Waals surface area (Å²) in [6.07, 6.45) is 0. The third kappa shape index (κ3) is 3.48. The topological polar surface area (TPSA) is 9.23 Å². The first-order chi connectivity index (χ1) is 9.57. The first-order valence-corrected chi connectivity index (χ1v) is 8.16. The molecule has 0 aliphatic carbocycles. The summed E-state index contributed by atoms with van der Waals surface area (Å²) < 4.78 is 21.0. The Morgan fingerprint density at radius 1 is 1.10 bits per heavy atom. The maximum absolute atomic E-state index is 14.0. The lowest BCUT2D eigenvalue weighted by Gasteiger charge is -2.29. The fraction of sp³-hybridized carbons (Fsp3) is 0.250. The number of hydrogen-bond donors (Lipinski definition) is 0. The lowest BCUT2D eigenvalue weighted by Crippen LogP contribution is -2.29. The Morgan fingerprint density at radius 2 is 1.75 bits per heavy atom. The molecule has 0 radical (unpaired) electrons. The molecule has 1 nitrogen and oxygen atoms in total. The van der Waals surface area contributed by atoms with Crippen molar-refractivity contribution in [1.82, 2.24) is 0 Å². The minimum atomic E-state index is -0.708. The van der Waals surface area contributed by atoms with Gasteiger partial charge in [-0.2, -0.15) is 0 Å². The Labute approximate surface area is 135 Å². The number of ether oxygens (including phenoxy) is 1. The van der Waals surface area contributed by atoms with Crippen LogP contribution in [0.1, 0.15) is 18.1 Å². The van der Waals surface area contributed by atoms with E-state index in [1.54, 1.807) is 12.1 Å². The van der Waals surface area contributed by atoms with Gasteiger partial charge in [0.15, 0.2) is 0 Å². The molecule has 2 aromatic rings. The van der Waals surface area contributed by atoms with Crippen molar-refractivity contribution >= 4 is 31.9 Å². The highest BCUT2D eigenvalue weighted by Crippen LogP contribution is 2.31. The van der Waals surface area contributed by atoms with Crippen molar-refractivity contribution in [2.75, 3.05) is 5.33 Å². The Morgan fingerprint density at radius 3 is 2.40 bits per heavy atom. The molecule has 4 heteroatoms. The van der Waals surface area contributed by atoms with Gasteiger partial charge in [-0.15, -0.1) is 0 Å². The molecule has 2 aromatic carbocycles. The number of benzene rings is 2. The molecule has 0 bridgehead atoms. The largest absolute Gasteiger partial charge is 0.365 e. The zero-order valence-corrected chi connectivity index (χ0v) is 14.2. The molecule has 0 heterocycles. The molecule has 1 unspecified atom stereocenters. The van der Waals surface area contributed by atoms with E-state index in [2.05, 4.69) is 31.9 Å². The monoisotopic (exact) mass is 400 g/mol. The summed E-state index contributed by atoms with van der Waals surface area (Å²) in [7, 11) is 0. The van der Waals surface area contributed by atoms with Crippen LogP contribution in [0, 0.1) is 5.82 Å². The second-order valence-electron chi connectivity index (χ2n) is 4.72. The van der Waals surface area contributed by atoms with E-state index in [-0.39, 0.29) is 5.82 Å². The van der Waals surface area contributed by atoms with Gasteiger partial charge in [0.2, 0.25) is 0 Å². The van der Waals surface area contributed by atoms with Crippen molar-refractivity contribution in [3.05, 3.63) is 69.9 Å². The van der Waals surface area contributed by atoms with Crippen LogP contribution in [0.3, 0.4) is 0 Å². The molecule has 0 spiro atoms. The second kappa shape index (κ2) is 6.83. The highest BCUT2D eigenvalue weighted by Gasteiger charge is 2.29. The molecular weight excluding hydrogens is 387 g/mol. The van der Waals surface area contributed by atoms with E-state index in [0.29, 0.717) is 17.5 Å².